The van der Waals surface area contributed by atoms with Gasteiger partial charge >= 0.3 is 0 Å². The van der Waals surface area contributed by atoms with Gasteiger partial charge < -0.3 is 15.5 Å². The summed E-state index contributed by atoms with van der Waals surface area (Å²) in [6, 6.07) is 3.80. The summed E-state index contributed by atoms with van der Waals surface area (Å²) in [6.45, 7) is 6.15. The molecule has 1 fully saturated rings. The topological polar surface area (TPSA) is 98.7 Å². The minimum absolute atomic E-state index is 0.166. The van der Waals surface area contributed by atoms with E-state index in [0.29, 0.717) is 18.5 Å². The first-order valence-electron chi connectivity index (χ1n) is 9.61. The number of nitrogens with one attached hydrogen (secondary N) is 3. The standard InChI is InChI=1S/C18H32N6O2S/c1-16-7-3-4-13-24(16)14-6-10-21-18(19-2)22-11-12-23-27(25,26)17-8-5-9-20-15-17/h5,8-9,15-16,23H,3-4,6-7,10-14H2,1-2H3,(H2,19,21,22). The molecule has 1 unspecified atom stereocenters. The third-order valence-electron chi connectivity index (χ3n) is 4.73. The molecule has 1 aromatic rings. The first-order valence-corrected chi connectivity index (χ1v) is 11.1. The molecule has 9 heteroatoms. The molecule has 1 saturated heterocycles. The van der Waals surface area contributed by atoms with Crippen LogP contribution in [0.5, 0.6) is 0 Å². The second-order valence-electron chi connectivity index (χ2n) is 6.75. The van der Waals surface area contributed by atoms with Crippen LogP contribution in [0.25, 0.3) is 0 Å². The van der Waals surface area contributed by atoms with Crippen LogP contribution in [0, 0.1) is 0 Å². The lowest BCUT2D eigenvalue weighted by Crippen LogP contribution is -2.43. The molecule has 1 aromatic heterocycles. The van der Waals surface area contributed by atoms with Crippen LogP contribution in [0.15, 0.2) is 34.4 Å². The zero-order valence-corrected chi connectivity index (χ0v) is 17.1. The van der Waals surface area contributed by atoms with E-state index in [4.69, 9.17) is 0 Å². The summed E-state index contributed by atoms with van der Waals surface area (Å²) in [5.41, 5.74) is 0. The van der Waals surface area contributed by atoms with Crippen molar-refractivity contribution < 1.29 is 8.42 Å². The van der Waals surface area contributed by atoms with E-state index in [1.807, 2.05) is 0 Å². The maximum atomic E-state index is 12.1. The van der Waals surface area contributed by atoms with Crippen LogP contribution >= 0.6 is 0 Å². The van der Waals surface area contributed by atoms with E-state index in [9.17, 15) is 8.42 Å². The van der Waals surface area contributed by atoms with Crippen LogP contribution in [0.2, 0.25) is 0 Å². The number of piperidine rings is 1. The van der Waals surface area contributed by atoms with Crippen molar-refractivity contribution in [1.29, 1.82) is 0 Å². The predicted molar refractivity (Wildman–Crippen MR) is 108 cm³/mol. The maximum absolute atomic E-state index is 12.1. The average Bonchev–Trinajstić information content (AvgIpc) is 2.68. The maximum Gasteiger partial charge on any atom is 0.242 e. The molecule has 2 rings (SSSR count). The smallest absolute Gasteiger partial charge is 0.242 e. The molecule has 8 nitrogen and oxygen atoms in total. The highest BCUT2D eigenvalue weighted by atomic mass is 32.2. The minimum atomic E-state index is -3.52. The number of rotatable bonds is 9. The number of hydrogen-bond donors (Lipinski definition) is 3. The average molecular weight is 397 g/mol. The Labute approximate surface area is 162 Å². The Morgan fingerprint density at radius 1 is 1.30 bits per heavy atom. The normalized spacial score (nSPS) is 19.0. The van der Waals surface area contributed by atoms with Crippen molar-refractivity contribution >= 4 is 16.0 Å². The number of likely N-dealkylation sites (tertiary alicyclic amines) is 1. The van der Waals surface area contributed by atoms with Gasteiger partial charge in [0, 0.05) is 51.7 Å². The summed E-state index contributed by atoms with van der Waals surface area (Å²) >= 11 is 0. The molecule has 1 aliphatic heterocycles. The van der Waals surface area contributed by atoms with E-state index >= 15 is 0 Å². The molecule has 0 radical (unpaired) electrons. The molecule has 3 N–H and O–H groups in total. The van der Waals surface area contributed by atoms with Gasteiger partial charge in [-0.3, -0.25) is 9.98 Å². The summed E-state index contributed by atoms with van der Waals surface area (Å²) in [5, 5.41) is 6.40. The van der Waals surface area contributed by atoms with Crippen LogP contribution in [0.1, 0.15) is 32.6 Å². The Hall–Kier alpha value is -1.71. The van der Waals surface area contributed by atoms with Gasteiger partial charge in [-0.2, -0.15) is 0 Å². The van der Waals surface area contributed by atoms with Crippen LogP contribution in [-0.4, -0.2) is 70.1 Å². The monoisotopic (exact) mass is 396 g/mol. The predicted octanol–water partition coefficient (Wildman–Crippen LogP) is 0.789. The number of pyridine rings is 1. The molecule has 0 amide bonds. The molecule has 0 spiro atoms. The number of nitrogens with zero attached hydrogens (tertiary/aromatic N) is 3. The fourth-order valence-corrected chi connectivity index (χ4v) is 4.15. The lowest BCUT2D eigenvalue weighted by atomic mass is 10.0. The molecule has 0 aliphatic carbocycles. The van der Waals surface area contributed by atoms with Crippen molar-refractivity contribution in [2.75, 3.05) is 39.8 Å². The minimum Gasteiger partial charge on any atom is -0.356 e. The molecule has 27 heavy (non-hydrogen) atoms. The van der Waals surface area contributed by atoms with E-state index in [1.165, 1.54) is 38.1 Å². The van der Waals surface area contributed by atoms with E-state index in [1.54, 1.807) is 19.3 Å². The summed E-state index contributed by atoms with van der Waals surface area (Å²) in [7, 11) is -1.81. The summed E-state index contributed by atoms with van der Waals surface area (Å²) in [4.78, 5) is 10.7. The van der Waals surface area contributed by atoms with Gasteiger partial charge in [0.25, 0.3) is 0 Å². The fourth-order valence-electron chi connectivity index (χ4n) is 3.16. The summed E-state index contributed by atoms with van der Waals surface area (Å²) in [5.74, 6) is 0.683. The van der Waals surface area contributed by atoms with Crippen LogP contribution < -0.4 is 15.4 Å². The van der Waals surface area contributed by atoms with Crippen molar-refractivity contribution in [3.8, 4) is 0 Å². The largest absolute Gasteiger partial charge is 0.356 e. The quantitative estimate of drug-likeness (QED) is 0.324. The molecule has 0 bridgehead atoms. The van der Waals surface area contributed by atoms with Crippen LogP contribution in [0.4, 0.5) is 0 Å². The molecule has 0 aromatic carbocycles. The lowest BCUT2D eigenvalue weighted by Gasteiger charge is -2.33. The van der Waals surface area contributed by atoms with Gasteiger partial charge in [0.15, 0.2) is 5.96 Å². The Balaban J connectivity index is 1.61. The molecule has 2 heterocycles. The van der Waals surface area contributed by atoms with Crippen molar-refractivity contribution in [2.24, 2.45) is 4.99 Å². The number of sulfonamides is 1. The highest BCUT2D eigenvalue weighted by Crippen LogP contribution is 2.15. The zero-order valence-electron chi connectivity index (χ0n) is 16.3. The van der Waals surface area contributed by atoms with Gasteiger partial charge in [0.05, 0.1) is 0 Å². The van der Waals surface area contributed by atoms with E-state index in [0.717, 1.165) is 19.5 Å². The Morgan fingerprint density at radius 3 is 2.81 bits per heavy atom. The number of aromatic nitrogens is 1. The SMILES string of the molecule is CN=C(NCCCN1CCCCC1C)NCCNS(=O)(=O)c1cccnc1. The highest BCUT2D eigenvalue weighted by Gasteiger charge is 2.17. The summed E-state index contributed by atoms with van der Waals surface area (Å²) < 4.78 is 26.8. The third kappa shape index (κ3) is 7.43. The second-order valence-corrected chi connectivity index (χ2v) is 8.51. The third-order valence-corrected chi connectivity index (χ3v) is 6.18. The van der Waals surface area contributed by atoms with Gasteiger partial charge in [0.1, 0.15) is 4.90 Å². The van der Waals surface area contributed by atoms with Gasteiger partial charge in [0.2, 0.25) is 10.0 Å². The number of guanidine groups is 1. The summed E-state index contributed by atoms with van der Waals surface area (Å²) in [6.07, 6.45) is 7.87. The molecule has 1 atom stereocenters. The lowest BCUT2D eigenvalue weighted by molar-refractivity contribution is 0.159. The molecular formula is C18H32N6O2S. The molecule has 152 valence electrons. The van der Waals surface area contributed by atoms with E-state index < -0.39 is 10.0 Å². The molecular weight excluding hydrogens is 364 g/mol. The number of hydrogen-bond acceptors (Lipinski definition) is 5. The van der Waals surface area contributed by atoms with Crippen LogP contribution in [0.3, 0.4) is 0 Å². The van der Waals surface area contributed by atoms with Crippen molar-refractivity contribution in [2.45, 2.75) is 43.5 Å². The highest BCUT2D eigenvalue weighted by molar-refractivity contribution is 7.89. The van der Waals surface area contributed by atoms with Crippen molar-refractivity contribution in [3.05, 3.63) is 24.5 Å². The van der Waals surface area contributed by atoms with Gasteiger partial charge in [-0.15, -0.1) is 0 Å². The van der Waals surface area contributed by atoms with Gasteiger partial charge in [-0.05, 0) is 44.9 Å². The van der Waals surface area contributed by atoms with Gasteiger partial charge in [-0.1, -0.05) is 6.42 Å². The second kappa shape index (κ2) is 11.2. The van der Waals surface area contributed by atoms with Crippen LogP contribution in [-0.2, 0) is 10.0 Å². The Kier molecular flexibility index (Phi) is 8.96. The van der Waals surface area contributed by atoms with Crippen molar-refractivity contribution in [3.63, 3.8) is 0 Å². The van der Waals surface area contributed by atoms with E-state index in [-0.39, 0.29) is 11.4 Å². The Bertz CT molecular complexity index is 680. The zero-order chi connectivity index (χ0) is 19.5. The van der Waals surface area contributed by atoms with Crippen molar-refractivity contribution in [1.82, 2.24) is 25.2 Å². The van der Waals surface area contributed by atoms with Gasteiger partial charge in [-0.25, -0.2) is 13.1 Å². The Morgan fingerprint density at radius 2 is 2.11 bits per heavy atom. The van der Waals surface area contributed by atoms with E-state index in [2.05, 4.69) is 37.2 Å². The number of aliphatic imine (C=N–C) groups is 1. The first-order chi connectivity index (χ1) is 13.0. The first kappa shape index (κ1) is 21.6. The molecule has 0 saturated carbocycles. The molecule has 1 aliphatic rings. The fraction of sp³-hybridized carbons (Fsp3) is 0.667.